The third-order valence-electron chi connectivity index (χ3n) is 6.32. The molecule has 0 saturated heterocycles. The Balaban J connectivity index is 1.76. The molecule has 10 heteroatoms. The number of aliphatic hydroxyl groups is 1. The minimum absolute atomic E-state index is 0.0781. The van der Waals surface area contributed by atoms with E-state index in [4.69, 9.17) is 19.4 Å². The van der Waals surface area contributed by atoms with E-state index < -0.39 is 0 Å². The van der Waals surface area contributed by atoms with Crippen LogP contribution in [0, 0.1) is 0 Å². The number of fused-ring (bicyclic) bond motifs is 1. The van der Waals surface area contributed by atoms with Gasteiger partial charge in [-0.3, -0.25) is 4.79 Å². The molecule has 4 aromatic rings. The number of unbranched alkanes of at least 4 members (excludes halogenated alkanes) is 1. The summed E-state index contributed by atoms with van der Waals surface area (Å²) in [7, 11) is 3.27. The van der Waals surface area contributed by atoms with Gasteiger partial charge in [0.2, 0.25) is 5.95 Å². The van der Waals surface area contributed by atoms with Gasteiger partial charge < -0.3 is 24.8 Å². The molecule has 38 heavy (non-hydrogen) atoms. The van der Waals surface area contributed by atoms with Crippen molar-refractivity contribution in [3.63, 3.8) is 0 Å². The first-order valence-electron chi connectivity index (χ1n) is 12.7. The average molecular weight is 519 g/mol. The molecule has 2 aromatic heterocycles. The van der Waals surface area contributed by atoms with Gasteiger partial charge in [0.05, 0.1) is 33.1 Å². The lowest BCUT2D eigenvalue weighted by atomic mass is 10.1. The van der Waals surface area contributed by atoms with Crippen molar-refractivity contribution in [1.82, 2.24) is 20.2 Å². The Morgan fingerprint density at radius 2 is 1.58 bits per heavy atom. The van der Waals surface area contributed by atoms with E-state index >= 15 is 0 Å². The van der Waals surface area contributed by atoms with E-state index in [2.05, 4.69) is 22.4 Å². The van der Waals surface area contributed by atoms with Gasteiger partial charge in [0, 0.05) is 13.1 Å². The second-order valence-corrected chi connectivity index (χ2v) is 9.05. The number of aliphatic hydroxyl groups excluding tert-OH is 1. The van der Waals surface area contributed by atoms with Crippen LogP contribution in [0.5, 0.6) is 11.5 Å². The minimum Gasteiger partial charge on any atom is -0.497 e. The fraction of sp³-hybridized carbons (Fsp3) is 0.357. The summed E-state index contributed by atoms with van der Waals surface area (Å²) in [5.74, 6) is 2.36. The molecule has 2 aromatic carbocycles. The summed E-state index contributed by atoms with van der Waals surface area (Å²) in [6.45, 7) is 3.04. The Bertz CT molecular complexity index is 1330. The lowest BCUT2D eigenvalue weighted by Gasteiger charge is -2.25. The molecule has 0 aliphatic carbocycles. The van der Waals surface area contributed by atoms with Gasteiger partial charge in [0.1, 0.15) is 28.2 Å². The number of H-pyrrole nitrogens is 1. The van der Waals surface area contributed by atoms with E-state index in [1.54, 1.807) is 14.2 Å². The molecular formula is C28H34N6O4. The highest BCUT2D eigenvalue weighted by Crippen LogP contribution is 2.25. The molecule has 1 atom stereocenters. The molecule has 0 fully saturated rings. The van der Waals surface area contributed by atoms with Gasteiger partial charge in [0.25, 0.3) is 5.56 Å². The fourth-order valence-corrected chi connectivity index (χ4v) is 4.19. The first-order chi connectivity index (χ1) is 18.5. The van der Waals surface area contributed by atoms with Gasteiger partial charge >= 0.3 is 0 Å². The van der Waals surface area contributed by atoms with Gasteiger partial charge in [-0.15, -0.1) is 0 Å². The van der Waals surface area contributed by atoms with Crippen molar-refractivity contribution < 1.29 is 14.6 Å². The Kier molecular flexibility index (Phi) is 9.10. The Labute approximate surface area is 221 Å². The summed E-state index contributed by atoms with van der Waals surface area (Å²) < 4.78 is 10.6. The summed E-state index contributed by atoms with van der Waals surface area (Å²) in [5, 5.41) is 20.0. The van der Waals surface area contributed by atoms with E-state index in [9.17, 15) is 9.90 Å². The normalized spacial score (nSPS) is 11.8. The van der Waals surface area contributed by atoms with Crippen molar-refractivity contribution in [2.75, 3.05) is 31.0 Å². The number of nitrogens with one attached hydrogen (secondary N) is 2. The number of ether oxygens (including phenoxy) is 2. The first-order valence-corrected chi connectivity index (χ1v) is 12.7. The maximum atomic E-state index is 12.7. The van der Waals surface area contributed by atoms with Gasteiger partial charge in [-0.25, -0.2) is 10.1 Å². The number of aromatic amines is 1. The number of nitrogens with zero attached hydrogens (tertiary/aromatic N) is 4. The van der Waals surface area contributed by atoms with Gasteiger partial charge in [-0.1, -0.05) is 44.0 Å². The third-order valence-corrected chi connectivity index (χ3v) is 6.32. The molecule has 0 bridgehead atoms. The van der Waals surface area contributed by atoms with Crippen molar-refractivity contribution >= 4 is 22.7 Å². The number of aromatic nitrogens is 4. The lowest BCUT2D eigenvalue weighted by molar-refractivity contribution is 0.267. The van der Waals surface area contributed by atoms with Gasteiger partial charge in [-0.2, -0.15) is 10.1 Å². The summed E-state index contributed by atoms with van der Waals surface area (Å²) in [6.07, 6.45) is 4.20. The predicted octanol–water partition coefficient (Wildman–Crippen LogP) is 3.90. The van der Waals surface area contributed by atoms with Crippen LogP contribution in [-0.2, 0) is 13.1 Å². The van der Waals surface area contributed by atoms with E-state index in [1.807, 2.05) is 53.4 Å². The Morgan fingerprint density at radius 3 is 2.11 bits per heavy atom. The maximum Gasteiger partial charge on any atom is 0.277 e. The van der Waals surface area contributed by atoms with E-state index in [0.717, 1.165) is 41.9 Å². The molecule has 0 spiro atoms. The van der Waals surface area contributed by atoms with Crippen molar-refractivity contribution in [2.45, 2.75) is 45.3 Å². The average Bonchev–Trinajstić information content (AvgIpc) is 2.95. The minimum atomic E-state index is -0.388. The van der Waals surface area contributed by atoms with Crippen molar-refractivity contribution in [3.05, 3.63) is 76.2 Å². The molecule has 10 nitrogen and oxygen atoms in total. The third kappa shape index (κ3) is 6.57. The predicted molar refractivity (Wildman–Crippen MR) is 148 cm³/mol. The number of anilines is 2. The summed E-state index contributed by atoms with van der Waals surface area (Å²) in [4.78, 5) is 24.3. The summed E-state index contributed by atoms with van der Waals surface area (Å²) in [6, 6.07) is 15.4. The molecule has 3 N–H and O–H groups in total. The van der Waals surface area contributed by atoms with E-state index in [0.29, 0.717) is 35.8 Å². The van der Waals surface area contributed by atoms with Gasteiger partial charge in [0.15, 0.2) is 0 Å². The number of methoxy groups -OCH3 is 2. The molecule has 2 heterocycles. The highest BCUT2D eigenvalue weighted by molar-refractivity contribution is 5.88. The highest BCUT2D eigenvalue weighted by atomic mass is 16.5. The van der Waals surface area contributed by atoms with Crippen LogP contribution in [0.15, 0.2) is 59.5 Å². The Morgan fingerprint density at radius 1 is 0.974 bits per heavy atom. The molecule has 0 aliphatic heterocycles. The van der Waals surface area contributed by atoms with Crippen LogP contribution in [0.4, 0.5) is 11.8 Å². The number of hydrogen-bond donors (Lipinski definition) is 3. The second-order valence-electron chi connectivity index (χ2n) is 9.05. The van der Waals surface area contributed by atoms with E-state index in [1.165, 1.54) is 6.20 Å². The first kappa shape index (κ1) is 26.9. The monoisotopic (exact) mass is 518 g/mol. The number of hydrogen-bond acceptors (Lipinski definition) is 9. The standard InChI is InChI=1S/C28H34N6O4/c1-4-5-6-21(18-35)30-26-25-24(15-29-33-27(25)36)31-28(32-26)34(16-19-7-11-22(37-2)12-8-19)17-20-9-13-23(38-3)14-10-20/h7-15,21,35H,4-6,16-18H2,1-3H3,(H,33,36)(H,30,31,32)/t21-/m0/s1. The van der Waals surface area contributed by atoms with Crippen LogP contribution in [-0.4, -0.2) is 52.1 Å². The zero-order chi connectivity index (χ0) is 26.9. The molecule has 0 aliphatic rings. The number of rotatable bonds is 13. The number of benzene rings is 2. The van der Waals surface area contributed by atoms with Crippen LogP contribution in [0.3, 0.4) is 0 Å². The maximum absolute atomic E-state index is 12.7. The summed E-state index contributed by atoms with van der Waals surface area (Å²) >= 11 is 0. The zero-order valence-electron chi connectivity index (χ0n) is 22.0. The van der Waals surface area contributed by atoms with Crippen molar-refractivity contribution in [3.8, 4) is 11.5 Å². The SMILES string of the molecule is CCCC[C@@H](CO)Nc1nc(N(Cc2ccc(OC)cc2)Cc2ccc(OC)cc2)nc2cn[nH]c(=O)c12. The van der Waals surface area contributed by atoms with E-state index in [-0.39, 0.29) is 18.2 Å². The Hall–Kier alpha value is -4.18. The lowest BCUT2D eigenvalue weighted by Crippen LogP contribution is -2.28. The quantitative estimate of drug-likeness (QED) is 0.242. The molecule has 0 unspecified atom stereocenters. The van der Waals surface area contributed by atoms with Crippen LogP contribution < -0.4 is 25.2 Å². The van der Waals surface area contributed by atoms with Crippen molar-refractivity contribution in [2.24, 2.45) is 0 Å². The molecule has 200 valence electrons. The largest absolute Gasteiger partial charge is 0.497 e. The molecule has 0 radical (unpaired) electrons. The molecule has 0 saturated carbocycles. The molecule has 4 rings (SSSR count). The van der Waals surface area contributed by atoms with Crippen molar-refractivity contribution in [1.29, 1.82) is 0 Å². The van der Waals surface area contributed by atoms with Crippen LogP contribution in [0.1, 0.15) is 37.3 Å². The smallest absolute Gasteiger partial charge is 0.277 e. The topological polar surface area (TPSA) is 125 Å². The molecular weight excluding hydrogens is 484 g/mol. The van der Waals surface area contributed by atoms with Crippen LogP contribution >= 0.6 is 0 Å². The van der Waals surface area contributed by atoms with Crippen LogP contribution in [0.25, 0.3) is 10.9 Å². The van der Waals surface area contributed by atoms with Gasteiger partial charge in [-0.05, 0) is 41.8 Å². The highest BCUT2D eigenvalue weighted by Gasteiger charge is 2.19. The second kappa shape index (κ2) is 12.9. The zero-order valence-corrected chi connectivity index (χ0v) is 22.0. The summed E-state index contributed by atoms with van der Waals surface area (Å²) in [5.41, 5.74) is 2.11. The molecule has 0 amide bonds. The fourth-order valence-electron chi connectivity index (χ4n) is 4.19. The van der Waals surface area contributed by atoms with Crippen LogP contribution in [0.2, 0.25) is 0 Å².